The zero-order chi connectivity index (χ0) is 15.4. The van der Waals surface area contributed by atoms with Gasteiger partial charge in [-0.15, -0.1) is 6.58 Å². The molecule has 1 aromatic carbocycles. The number of piperazine rings is 1. The van der Waals surface area contributed by atoms with E-state index in [0.717, 1.165) is 37.8 Å². The fraction of sp³-hybridized carbons (Fsp3) is 0.467. The second kappa shape index (κ2) is 6.78. The highest BCUT2D eigenvalue weighted by molar-refractivity contribution is 5.43. The number of hydrogen-bond acceptors (Lipinski definition) is 4. The molecule has 0 amide bonds. The summed E-state index contributed by atoms with van der Waals surface area (Å²) < 4.78 is 13.6. The number of hydrogen-bond donors (Lipinski definition) is 1. The maximum Gasteiger partial charge on any atom is 0.274 e. The van der Waals surface area contributed by atoms with Gasteiger partial charge in [-0.3, -0.25) is 15.0 Å². The van der Waals surface area contributed by atoms with Crippen LogP contribution < -0.4 is 5.32 Å². The van der Waals surface area contributed by atoms with Crippen LogP contribution in [0.5, 0.6) is 0 Å². The van der Waals surface area contributed by atoms with Gasteiger partial charge in [-0.2, -0.15) is 0 Å². The molecule has 114 valence electrons. The van der Waals surface area contributed by atoms with Crippen LogP contribution in [0.2, 0.25) is 0 Å². The van der Waals surface area contributed by atoms with Crippen molar-refractivity contribution in [2.75, 3.05) is 26.2 Å². The first kappa shape index (κ1) is 15.6. The molecular weight excluding hydrogens is 273 g/mol. The van der Waals surface area contributed by atoms with Crippen molar-refractivity contribution in [2.45, 2.75) is 19.4 Å². The molecule has 0 saturated carbocycles. The molecule has 1 N–H and O–H groups in total. The van der Waals surface area contributed by atoms with Gasteiger partial charge in [-0.05, 0) is 25.5 Å². The zero-order valence-corrected chi connectivity index (χ0v) is 12.1. The average molecular weight is 293 g/mol. The molecule has 0 bridgehead atoms. The first-order valence-corrected chi connectivity index (χ1v) is 7.02. The second-order valence-electron chi connectivity index (χ2n) is 5.42. The summed E-state index contributed by atoms with van der Waals surface area (Å²) in [5.41, 5.74) is 1.34. The van der Waals surface area contributed by atoms with Gasteiger partial charge in [0.1, 0.15) is 5.82 Å². The van der Waals surface area contributed by atoms with E-state index < -0.39 is 10.7 Å². The van der Waals surface area contributed by atoms with Gasteiger partial charge in [0.05, 0.1) is 10.5 Å². The Balaban J connectivity index is 2.41. The summed E-state index contributed by atoms with van der Waals surface area (Å²) in [5.74, 6) is -0.447. The van der Waals surface area contributed by atoms with Crippen molar-refractivity contribution in [3.05, 3.63) is 51.8 Å². The Kier molecular flexibility index (Phi) is 5.03. The van der Waals surface area contributed by atoms with Crippen molar-refractivity contribution in [3.63, 3.8) is 0 Å². The van der Waals surface area contributed by atoms with Gasteiger partial charge in [0.25, 0.3) is 5.69 Å². The molecular formula is C15H20FN3O2. The Morgan fingerprint density at radius 3 is 2.76 bits per heavy atom. The summed E-state index contributed by atoms with van der Waals surface area (Å²) in [4.78, 5) is 13.0. The van der Waals surface area contributed by atoms with Gasteiger partial charge in [-0.25, -0.2) is 4.39 Å². The molecule has 1 aliphatic heterocycles. The number of rotatable bonds is 5. The SMILES string of the molecule is C=C(C)C[C@H](c1cc(F)ccc1[N+](=O)[O-])N1CCNCC1. The van der Waals surface area contributed by atoms with Crippen LogP contribution in [-0.4, -0.2) is 36.0 Å². The largest absolute Gasteiger partial charge is 0.314 e. The zero-order valence-electron chi connectivity index (χ0n) is 12.1. The molecule has 1 aromatic rings. The van der Waals surface area contributed by atoms with Crippen LogP contribution in [0.25, 0.3) is 0 Å². The van der Waals surface area contributed by atoms with Gasteiger partial charge in [0, 0.05) is 38.3 Å². The highest BCUT2D eigenvalue weighted by Gasteiger charge is 2.28. The molecule has 0 aliphatic carbocycles. The number of nitrogens with zero attached hydrogens (tertiary/aromatic N) is 2. The monoisotopic (exact) mass is 293 g/mol. The number of nitro benzene ring substituents is 1. The smallest absolute Gasteiger partial charge is 0.274 e. The van der Waals surface area contributed by atoms with Crippen molar-refractivity contribution in [2.24, 2.45) is 0 Å². The Hall–Kier alpha value is -1.79. The molecule has 6 heteroatoms. The molecule has 0 unspecified atom stereocenters. The Morgan fingerprint density at radius 2 is 2.19 bits per heavy atom. The number of benzene rings is 1. The fourth-order valence-corrected chi connectivity index (χ4v) is 2.72. The quantitative estimate of drug-likeness (QED) is 0.515. The number of nitrogens with one attached hydrogen (secondary N) is 1. The predicted octanol–water partition coefficient (Wildman–Crippen LogP) is 2.65. The first-order chi connectivity index (χ1) is 9.99. The molecule has 0 radical (unpaired) electrons. The van der Waals surface area contributed by atoms with Gasteiger partial charge in [0.15, 0.2) is 0 Å². The van der Waals surface area contributed by atoms with E-state index >= 15 is 0 Å². The lowest BCUT2D eigenvalue weighted by Gasteiger charge is -2.35. The fourth-order valence-electron chi connectivity index (χ4n) is 2.72. The molecule has 2 rings (SSSR count). The molecule has 1 heterocycles. The molecule has 1 aliphatic rings. The van der Waals surface area contributed by atoms with Crippen LogP contribution in [0.15, 0.2) is 30.4 Å². The Morgan fingerprint density at radius 1 is 1.52 bits per heavy atom. The van der Waals surface area contributed by atoms with Crippen molar-refractivity contribution in [1.29, 1.82) is 0 Å². The highest BCUT2D eigenvalue weighted by atomic mass is 19.1. The molecule has 1 saturated heterocycles. The Bertz CT molecular complexity index is 542. The van der Waals surface area contributed by atoms with Crippen LogP contribution in [0.3, 0.4) is 0 Å². The van der Waals surface area contributed by atoms with E-state index in [-0.39, 0.29) is 11.7 Å². The molecule has 1 fully saturated rings. The predicted molar refractivity (Wildman–Crippen MR) is 79.7 cm³/mol. The summed E-state index contributed by atoms with van der Waals surface area (Å²) in [5, 5.41) is 14.5. The molecule has 21 heavy (non-hydrogen) atoms. The lowest BCUT2D eigenvalue weighted by atomic mass is 9.96. The number of halogens is 1. The van der Waals surface area contributed by atoms with Gasteiger partial charge >= 0.3 is 0 Å². The van der Waals surface area contributed by atoms with E-state index in [9.17, 15) is 14.5 Å². The van der Waals surface area contributed by atoms with E-state index in [1.807, 2.05) is 6.92 Å². The van der Waals surface area contributed by atoms with E-state index in [0.29, 0.717) is 12.0 Å². The Labute approximate surface area is 123 Å². The summed E-state index contributed by atoms with van der Waals surface area (Å²) in [7, 11) is 0. The topological polar surface area (TPSA) is 58.4 Å². The van der Waals surface area contributed by atoms with Gasteiger partial charge in [-0.1, -0.05) is 5.57 Å². The summed E-state index contributed by atoms with van der Waals surface area (Å²) in [6.07, 6.45) is 0.588. The minimum Gasteiger partial charge on any atom is -0.314 e. The molecule has 0 spiro atoms. The van der Waals surface area contributed by atoms with Gasteiger partial charge in [0.2, 0.25) is 0 Å². The normalized spacial score (nSPS) is 17.4. The van der Waals surface area contributed by atoms with Gasteiger partial charge < -0.3 is 5.32 Å². The van der Waals surface area contributed by atoms with E-state index in [4.69, 9.17) is 0 Å². The summed E-state index contributed by atoms with van der Waals surface area (Å²) in [6, 6.07) is 3.46. The third-order valence-corrected chi connectivity index (χ3v) is 3.68. The van der Waals surface area contributed by atoms with Crippen LogP contribution in [-0.2, 0) is 0 Å². The molecule has 1 atom stereocenters. The number of nitro groups is 1. The summed E-state index contributed by atoms with van der Waals surface area (Å²) >= 11 is 0. The average Bonchev–Trinajstić information content (AvgIpc) is 2.45. The maximum absolute atomic E-state index is 13.6. The van der Waals surface area contributed by atoms with Crippen molar-refractivity contribution >= 4 is 5.69 Å². The van der Waals surface area contributed by atoms with Crippen LogP contribution in [0.1, 0.15) is 24.9 Å². The highest BCUT2D eigenvalue weighted by Crippen LogP contribution is 2.34. The molecule has 5 nitrogen and oxygen atoms in total. The third-order valence-electron chi connectivity index (χ3n) is 3.68. The standard InChI is InChI=1S/C15H20FN3O2/c1-11(2)9-15(18-7-5-17-6-8-18)13-10-12(16)3-4-14(13)19(20)21/h3-4,10,15,17H,1,5-9H2,2H3/t15-/m1/s1. The lowest BCUT2D eigenvalue weighted by molar-refractivity contribution is -0.386. The minimum absolute atomic E-state index is 0.0267. The maximum atomic E-state index is 13.6. The van der Waals surface area contributed by atoms with Crippen molar-refractivity contribution < 1.29 is 9.31 Å². The molecule has 0 aromatic heterocycles. The second-order valence-corrected chi connectivity index (χ2v) is 5.42. The van der Waals surface area contributed by atoms with Crippen LogP contribution in [0, 0.1) is 15.9 Å². The van der Waals surface area contributed by atoms with Crippen molar-refractivity contribution in [1.82, 2.24) is 10.2 Å². The third kappa shape index (κ3) is 3.86. The van der Waals surface area contributed by atoms with Crippen molar-refractivity contribution in [3.8, 4) is 0 Å². The van der Waals surface area contributed by atoms with E-state index in [2.05, 4.69) is 16.8 Å². The van der Waals surface area contributed by atoms with Crippen LogP contribution >= 0.6 is 0 Å². The van der Waals surface area contributed by atoms with E-state index in [1.54, 1.807) is 0 Å². The summed E-state index contributed by atoms with van der Waals surface area (Å²) in [6.45, 7) is 9.02. The van der Waals surface area contributed by atoms with E-state index in [1.165, 1.54) is 12.1 Å². The lowest BCUT2D eigenvalue weighted by Crippen LogP contribution is -2.45. The minimum atomic E-state index is -0.447. The van der Waals surface area contributed by atoms with Crippen LogP contribution in [0.4, 0.5) is 10.1 Å². The first-order valence-electron chi connectivity index (χ1n) is 7.02.